The fraction of sp³-hybridized carbons (Fsp3) is 0.467. The Morgan fingerprint density at radius 1 is 1.42 bits per heavy atom. The fourth-order valence-electron chi connectivity index (χ4n) is 2.31. The molecule has 0 aromatic heterocycles. The van der Waals surface area contributed by atoms with Gasteiger partial charge in [0.1, 0.15) is 5.50 Å². The Kier molecular flexibility index (Phi) is 6.11. The van der Waals surface area contributed by atoms with Crippen LogP contribution in [0.4, 0.5) is 13.2 Å². The highest BCUT2D eigenvalue weighted by Gasteiger charge is 2.31. The maximum absolute atomic E-state index is 12.7. The SMILES string of the molecule is CNC(=O)CC1CC(=O)NC(SCc2cccc(C(F)(F)F)c2)N1. The first-order valence-corrected chi connectivity index (χ1v) is 8.36. The molecule has 0 aliphatic carbocycles. The standard InChI is InChI=1S/C15H18F3N3O2S/c1-19-12(22)6-11-7-13(23)21-14(20-11)24-8-9-3-2-4-10(5-9)15(16,17)18/h2-5,11,14,20H,6-8H2,1H3,(H,19,22)(H,21,23). The van der Waals surface area contributed by atoms with Crippen molar-refractivity contribution in [3.8, 4) is 0 Å². The summed E-state index contributed by atoms with van der Waals surface area (Å²) in [4.78, 5) is 23.1. The van der Waals surface area contributed by atoms with Gasteiger partial charge in [-0.3, -0.25) is 14.9 Å². The summed E-state index contributed by atoms with van der Waals surface area (Å²) in [6, 6.07) is 4.79. The van der Waals surface area contributed by atoms with Crippen molar-refractivity contribution in [1.29, 1.82) is 0 Å². The zero-order valence-corrected chi connectivity index (χ0v) is 13.8. The summed E-state index contributed by atoms with van der Waals surface area (Å²) >= 11 is 1.27. The second-order valence-corrected chi connectivity index (χ2v) is 6.50. The Balaban J connectivity index is 1.93. The minimum Gasteiger partial charge on any atom is -0.359 e. The van der Waals surface area contributed by atoms with Crippen LogP contribution in [-0.2, 0) is 21.5 Å². The topological polar surface area (TPSA) is 70.2 Å². The molecule has 132 valence electrons. The fourth-order valence-corrected chi connectivity index (χ4v) is 3.35. The van der Waals surface area contributed by atoms with Crippen molar-refractivity contribution in [2.24, 2.45) is 0 Å². The van der Waals surface area contributed by atoms with Crippen molar-refractivity contribution in [1.82, 2.24) is 16.0 Å². The molecule has 1 aliphatic heterocycles. The van der Waals surface area contributed by atoms with Crippen LogP contribution < -0.4 is 16.0 Å². The number of nitrogens with one attached hydrogen (secondary N) is 3. The molecule has 0 saturated carbocycles. The van der Waals surface area contributed by atoms with Crippen LogP contribution >= 0.6 is 11.8 Å². The third-order valence-electron chi connectivity index (χ3n) is 3.49. The van der Waals surface area contributed by atoms with E-state index in [2.05, 4.69) is 16.0 Å². The molecule has 5 nitrogen and oxygen atoms in total. The third-order valence-corrected chi connectivity index (χ3v) is 4.58. The number of carbonyl (C=O) groups excluding carboxylic acids is 2. The van der Waals surface area contributed by atoms with E-state index in [9.17, 15) is 22.8 Å². The largest absolute Gasteiger partial charge is 0.416 e. The molecule has 3 N–H and O–H groups in total. The lowest BCUT2D eigenvalue weighted by Gasteiger charge is -2.30. The average molecular weight is 361 g/mol. The Bertz CT molecular complexity index is 610. The van der Waals surface area contributed by atoms with Crippen LogP contribution in [0.15, 0.2) is 24.3 Å². The maximum atomic E-state index is 12.7. The Labute approximate surface area is 141 Å². The lowest BCUT2D eigenvalue weighted by molar-refractivity contribution is -0.137. The first-order valence-electron chi connectivity index (χ1n) is 7.31. The molecule has 2 unspecified atom stereocenters. The molecule has 1 aliphatic rings. The number of thioether (sulfide) groups is 1. The predicted molar refractivity (Wildman–Crippen MR) is 84.9 cm³/mol. The third kappa shape index (κ3) is 5.41. The van der Waals surface area contributed by atoms with E-state index < -0.39 is 17.2 Å². The molecule has 2 atom stereocenters. The van der Waals surface area contributed by atoms with Gasteiger partial charge in [-0.15, -0.1) is 11.8 Å². The van der Waals surface area contributed by atoms with E-state index >= 15 is 0 Å². The second kappa shape index (κ2) is 7.89. The van der Waals surface area contributed by atoms with Gasteiger partial charge in [-0.1, -0.05) is 18.2 Å². The van der Waals surface area contributed by atoms with E-state index in [1.165, 1.54) is 24.9 Å². The molecule has 1 heterocycles. The van der Waals surface area contributed by atoms with Crippen LogP contribution in [-0.4, -0.2) is 30.4 Å². The van der Waals surface area contributed by atoms with Gasteiger partial charge < -0.3 is 10.6 Å². The molecular weight excluding hydrogens is 343 g/mol. The lowest BCUT2D eigenvalue weighted by Crippen LogP contribution is -2.55. The van der Waals surface area contributed by atoms with Gasteiger partial charge in [-0.2, -0.15) is 13.2 Å². The molecule has 2 rings (SSSR count). The normalized spacial score (nSPS) is 21.2. The minimum atomic E-state index is -4.38. The number of alkyl halides is 3. The number of hydrogen-bond donors (Lipinski definition) is 3. The quantitative estimate of drug-likeness (QED) is 0.749. The van der Waals surface area contributed by atoms with Gasteiger partial charge in [0.15, 0.2) is 0 Å². The smallest absolute Gasteiger partial charge is 0.359 e. The minimum absolute atomic E-state index is 0.171. The highest BCUT2D eigenvalue weighted by atomic mass is 32.2. The highest BCUT2D eigenvalue weighted by molar-refractivity contribution is 7.99. The summed E-state index contributed by atoms with van der Waals surface area (Å²) in [5.41, 5.74) is -0.631. The van der Waals surface area contributed by atoms with E-state index in [0.717, 1.165) is 12.1 Å². The zero-order valence-electron chi connectivity index (χ0n) is 12.9. The molecular formula is C15H18F3N3O2S. The van der Waals surface area contributed by atoms with Crippen molar-refractivity contribution < 1.29 is 22.8 Å². The van der Waals surface area contributed by atoms with E-state index in [1.54, 1.807) is 6.07 Å². The van der Waals surface area contributed by atoms with E-state index in [4.69, 9.17) is 0 Å². The Morgan fingerprint density at radius 3 is 2.83 bits per heavy atom. The summed E-state index contributed by atoms with van der Waals surface area (Å²) < 4.78 is 38.1. The molecule has 2 amide bonds. The molecule has 1 fully saturated rings. The van der Waals surface area contributed by atoms with Crippen LogP contribution in [0.1, 0.15) is 24.0 Å². The van der Waals surface area contributed by atoms with E-state index in [0.29, 0.717) is 11.3 Å². The van der Waals surface area contributed by atoms with Crippen molar-refractivity contribution >= 4 is 23.6 Å². The van der Waals surface area contributed by atoms with Crippen LogP contribution in [0.2, 0.25) is 0 Å². The molecule has 1 aromatic carbocycles. The van der Waals surface area contributed by atoms with Gasteiger partial charge >= 0.3 is 6.18 Å². The van der Waals surface area contributed by atoms with Gasteiger partial charge in [0.05, 0.1) is 5.56 Å². The summed E-state index contributed by atoms with van der Waals surface area (Å²) in [5.74, 6) is -0.0674. The molecule has 0 bridgehead atoms. The molecule has 0 radical (unpaired) electrons. The van der Waals surface area contributed by atoms with E-state index in [1.807, 2.05) is 0 Å². The predicted octanol–water partition coefficient (Wildman–Crippen LogP) is 1.84. The van der Waals surface area contributed by atoms with Crippen molar-refractivity contribution in [3.63, 3.8) is 0 Å². The van der Waals surface area contributed by atoms with Crippen molar-refractivity contribution in [2.45, 2.75) is 36.3 Å². The van der Waals surface area contributed by atoms with Gasteiger partial charge in [0.25, 0.3) is 0 Å². The molecule has 1 aromatic rings. The van der Waals surface area contributed by atoms with Gasteiger partial charge in [-0.05, 0) is 11.6 Å². The summed E-state index contributed by atoms with van der Waals surface area (Å²) in [6.07, 6.45) is -4.02. The van der Waals surface area contributed by atoms with Gasteiger partial charge in [-0.25, -0.2) is 0 Å². The Morgan fingerprint density at radius 2 is 2.17 bits per heavy atom. The van der Waals surface area contributed by atoms with Crippen LogP contribution in [0, 0.1) is 0 Å². The summed E-state index contributed by atoms with van der Waals surface area (Å²) in [6.45, 7) is 0. The summed E-state index contributed by atoms with van der Waals surface area (Å²) in [5, 5.41) is 8.32. The average Bonchev–Trinajstić information content (AvgIpc) is 2.52. The van der Waals surface area contributed by atoms with E-state index in [-0.39, 0.29) is 30.7 Å². The number of halogens is 3. The second-order valence-electron chi connectivity index (χ2n) is 5.40. The first-order chi connectivity index (χ1) is 11.3. The molecule has 0 spiro atoms. The van der Waals surface area contributed by atoms with Crippen LogP contribution in [0.25, 0.3) is 0 Å². The first kappa shape index (κ1) is 18.6. The lowest BCUT2D eigenvalue weighted by atomic mass is 10.1. The number of hydrogen-bond acceptors (Lipinski definition) is 4. The number of benzene rings is 1. The van der Waals surface area contributed by atoms with Crippen LogP contribution in [0.5, 0.6) is 0 Å². The Hall–Kier alpha value is -1.74. The zero-order chi connectivity index (χ0) is 17.7. The molecule has 9 heteroatoms. The number of rotatable bonds is 5. The number of amides is 2. The summed E-state index contributed by atoms with van der Waals surface area (Å²) in [7, 11) is 1.52. The molecule has 1 saturated heterocycles. The monoisotopic (exact) mass is 361 g/mol. The highest BCUT2D eigenvalue weighted by Crippen LogP contribution is 2.30. The van der Waals surface area contributed by atoms with Gasteiger partial charge in [0, 0.05) is 31.7 Å². The maximum Gasteiger partial charge on any atom is 0.416 e. The molecule has 24 heavy (non-hydrogen) atoms. The van der Waals surface area contributed by atoms with Crippen molar-refractivity contribution in [3.05, 3.63) is 35.4 Å². The van der Waals surface area contributed by atoms with Gasteiger partial charge in [0.2, 0.25) is 11.8 Å². The number of carbonyl (C=O) groups is 2. The van der Waals surface area contributed by atoms with Crippen LogP contribution in [0.3, 0.4) is 0 Å². The van der Waals surface area contributed by atoms with Crippen molar-refractivity contribution in [2.75, 3.05) is 7.05 Å².